The second-order valence-corrected chi connectivity index (χ2v) is 5.58. The summed E-state index contributed by atoms with van der Waals surface area (Å²) in [5, 5.41) is 0. The molecule has 1 amide bonds. The summed E-state index contributed by atoms with van der Waals surface area (Å²) in [6.45, 7) is 5.05. The van der Waals surface area contributed by atoms with Gasteiger partial charge < -0.3 is 9.64 Å². The zero-order chi connectivity index (χ0) is 11.3. The molecule has 3 aliphatic rings. The molecule has 1 spiro atoms. The third kappa shape index (κ3) is 1.40. The van der Waals surface area contributed by atoms with Crippen LogP contribution in [0, 0.1) is 5.41 Å². The lowest BCUT2D eigenvalue weighted by molar-refractivity contribution is -0.133. The van der Waals surface area contributed by atoms with E-state index in [0.717, 1.165) is 6.42 Å². The Labute approximate surface area is 99.7 Å². The van der Waals surface area contributed by atoms with E-state index in [1.54, 1.807) is 4.90 Å². The van der Waals surface area contributed by atoms with Crippen molar-refractivity contribution in [2.45, 2.75) is 37.1 Å². The maximum absolute atomic E-state index is 11.9. The number of hydrogen-bond acceptors (Lipinski definition) is 2. The van der Waals surface area contributed by atoms with E-state index in [2.05, 4.69) is 0 Å². The molecule has 0 aromatic heterocycles. The second kappa shape index (κ2) is 3.51. The summed E-state index contributed by atoms with van der Waals surface area (Å²) in [5.41, 5.74) is -0.468. The van der Waals surface area contributed by atoms with Crippen LogP contribution in [0.25, 0.3) is 0 Å². The first-order chi connectivity index (χ1) is 7.07. The number of carbonyl (C=O) groups is 1. The van der Waals surface area contributed by atoms with E-state index in [1.165, 1.54) is 0 Å². The third-order valence-corrected chi connectivity index (χ3v) is 4.33. The van der Waals surface area contributed by atoms with Crippen molar-refractivity contribution in [1.82, 2.24) is 4.90 Å². The number of nitrogens with zero attached hydrogens (tertiary/aromatic N) is 1. The molecule has 86 valence electrons. The average molecular weight is 252 g/mol. The normalized spacial score (nSPS) is 40.1. The third-order valence-electron chi connectivity index (χ3n) is 3.33. The molecule has 2 aliphatic heterocycles. The Hall–Kier alpha value is 0.01000. The number of rotatable bonds is 0. The van der Waals surface area contributed by atoms with Gasteiger partial charge >= 0.3 is 0 Å². The summed E-state index contributed by atoms with van der Waals surface area (Å²) in [6, 6.07) is 0.215. The Morgan fingerprint density at radius 3 is 2.53 bits per heavy atom. The van der Waals surface area contributed by atoms with E-state index in [0.29, 0.717) is 19.8 Å². The minimum atomic E-state index is -0.811. The molecule has 1 aliphatic carbocycles. The minimum Gasteiger partial charge on any atom is -0.359 e. The molecule has 2 unspecified atom stereocenters. The van der Waals surface area contributed by atoms with Crippen LogP contribution in [0.2, 0.25) is 0 Å². The Morgan fingerprint density at radius 2 is 2.07 bits per heavy atom. The van der Waals surface area contributed by atoms with Crippen molar-refractivity contribution in [2.75, 3.05) is 13.3 Å². The molecule has 5 heteroatoms. The summed E-state index contributed by atoms with van der Waals surface area (Å²) >= 11 is 12.0. The fraction of sp³-hybridized carbons (Fsp3) is 0.900. The van der Waals surface area contributed by atoms with Crippen LogP contribution in [-0.2, 0) is 9.53 Å². The highest BCUT2D eigenvalue weighted by Crippen LogP contribution is 2.70. The van der Waals surface area contributed by atoms with Crippen molar-refractivity contribution in [3.8, 4) is 0 Å². The van der Waals surface area contributed by atoms with Gasteiger partial charge in [0.2, 0.25) is 5.91 Å². The molecular weight excluding hydrogens is 237 g/mol. The van der Waals surface area contributed by atoms with Crippen LogP contribution in [0.15, 0.2) is 0 Å². The quantitative estimate of drug-likeness (QED) is 0.618. The summed E-state index contributed by atoms with van der Waals surface area (Å²) in [7, 11) is 0. The molecule has 15 heavy (non-hydrogen) atoms. The Balaban J connectivity index is 0.000000404. The van der Waals surface area contributed by atoms with Crippen molar-refractivity contribution in [3.63, 3.8) is 0 Å². The molecule has 0 N–H and O–H groups in total. The Morgan fingerprint density at radius 1 is 1.47 bits per heavy atom. The van der Waals surface area contributed by atoms with Gasteiger partial charge in [-0.2, -0.15) is 0 Å². The predicted molar refractivity (Wildman–Crippen MR) is 58.9 cm³/mol. The van der Waals surface area contributed by atoms with E-state index in [9.17, 15) is 4.79 Å². The fourth-order valence-electron chi connectivity index (χ4n) is 2.43. The Kier molecular flexibility index (Phi) is 2.69. The van der Waals surface area contributed by atoms with Crippen molar-refractivity contribution < 1.29 is 9.53 Å². The molecule has 2 atom stereocenters. The van der Waals surface area contributed by atoms with Gasteiger partial charge in [0.1, 0.15) is 11.1 Å². The maximum Gasteiger partial charge on any atom is 0.234 e. The lowest BCUT2D eigenvalue weighted by atomic mass is 10.0. The summed E-state index contributed by atoms with van der Waals surface area (Å²) in [6.07, 6.45) is 1.37. The van der Waals surface area contributed by atoms with Gasteiger partial charge in [-0.3, -0.25) is 4.79 Å². The molecule has 3 rings (SSSR count). The van der Waals surface area contributed by atoms with E-state index in [1.807, 2.05) is 13.8 Å². The number of carbonyl (C=O) groups excluding carboxylic acids is 1. The van der Waals surface area contributed by atoms with Crippen LogP contribution in [0.4, 0.5) is 0 Å². The van der Waals surface area contributed by atoms with Crippen LogP contribution in [0.3, 0.4) is 0 Å². The van der Waals surface area contributed by atoms with Crippen molar-refractivity contribution in [2.24, 2.45) is 5.41 Å². The molecule has 2 heterocycles. The molecular formula is C10H15Cl2NO2. The largest absolute Gasteiger partial charge is 0.359 e. The van der Waals surface area contributed by atoms with Gasteiger partial charge in [0, 0.05) is 0 Å². The van der Waals surface area contributed by atoms with Crippen LogP contribution < -0.4 is 0 Å². The SMILES string of the molecule is CC.O=C1N2COCC2CC12CC2(Cl)Cl. The maximum atomic E-state index is 11.9. The van der Waals surface area contributed by atoms with Crippen molar-refractivity contribution >= 4 is 29.1 Å². The van der Waals surface area contributed by atoms with Crippen LogP contribution in [0.5, 0.6) is 0 Å². The summed E-state index contributed by atoms with van der Waals surface area (Å²) < 4.78 is 4.38. The van der Waals surface area contributed by atoms with Crippen LogP contribution in [0.1, 0.15) is 26.7 Å². The zero-order valence-corrected chi connectivity index (χ0v) is 10.4. The van der Waals surface area contributed by atoms with E-state index < -0.39 is 9.75 Å². The highest BCUT2D eigenvalue weighted by Gasteiger charge is 2.76. The summed E-state index contributed by atoms with van der Waals surface area (Å²) in [5.74, 6) is 0.0833. The molecule has 3 fully saturated rings. The lowest BCUT2D eigenvalue weighted by Crippen LogP contribution is -2.30. The van der Waals surface area contributed by atoms with Gasteiger partial charge in [-0.25, -0.2) is 0 Å². The van der Waals surface area contributed by atoms with E-state index >= 15 is 0 Å². The molecule has 2 saturated heterocycles. The van der Waals surface area contributed by atoms with Gasteiger partial charge in [-0.05, 0) is 12.8 Å². The summed E-state index contributed by atoms with van der Waals surface area (Å²) in [4.78, 5) is 13.6. The van der Waals surface area contributed by atoms with Gasteiger partial charge in [0.05, 0.1) is 18.1 Å². The number of hydrogen-bond donors (Lipinski definition) is 0. The molecule has 1 saturated carbocycles. The highest BCUT2D eigenvalue weighted by molar-refractivity contribution is 6.53. The average Bonchev–Trinajstić information content (AvgIpc) is 2.56. The van der Waals surface area contributed by atoms with Crippen molar-refractivity contribution in [3.05, 3.63) is 0 Å². The first kappa shape index (κ1) is 11.5. The topological polar surface area (TPSA) is 29.5 Å². The molecule has 0 radical (unpaired) electrons. The molecule has 0 aromatic rings. The van der Waals surface area contributed by atoms with Crippen LogP contribution in [-0.4, -0.2) is 34.5 Å². The monoisotopic (exact) mass is 251 g/mol. The van der Waals surface area contributed by atoms with Crippen molar-refractivity contribution in [1.29, 1.82) is 0 Å². The number of ether oxygens (including phenoxy) is 1. The fourth-order valence-corrected chi connectivity index (χ4v) is 3.20. The lowest BCUT2D eigenvalue weighted by Gasteiger charge is -2.12. The van der Waals surface area contributed by atoms with Gasteiger partial charge in [0.15, 0.2) is 0 Å². The predicted octanol–water partition coefficient (Wildman–Crippen LogP) is 2.17. The van der Waals surface area contributed by atoms with E-state index in [-0.39, 0.29) is 11.9 Å². The smallest absolute Gasteiger partial charge is 0.234 e. The first-order valence-electron chi connectivity index (χ1n) is 5.33. The number of fused-ring (bicyclic) bond motifs is 1. The van der Waals surface area contributed by atoms with E-state index in [4.69, 9.17) is 27.9 Å². The zero-order valence-electron chi connectivity index (χ0n) is 8.93. The van der Waals surface area contributed by atoms with Gasteiger partial charge in [-0.1, -0.05) is 13.8 Å². The molecule has 0 bridgehead atoms. The second-order valence-electron chi connectivity index (χ2n) is 4.10. The molecule has 3 nitrogen and oxygen atoms in total. The Bertz CT molecular complexity index is 295. The first-order valence-corrected chi connectivity index (χ1v) is 6.09. The highest BCUT2D eigenvalue weighted by atomic mass is 35.5. The molecule has 0 aromatic carbocycles. The standard InChI is InChI=1S/C8H9Cl2NO2.C2H6/c9-8(10)3-7(8)1-5-2-13-4-11(5)6(7)12;1-2/h5H,1-4H2;1-2H3. The number of amides is 1. The number of alkyl halides is 2. The van der Waals surface area contributed by atoms with Gasteiger partial charge in [-0.15, -0.1) is 23.2 Å². The number of halogens is 2. The van der Waals surface area contributed by atoms with Crippen LogP contribution >= 0.6 is 23.2 Å². The minimum absolute atomic E-state index is 0.0833. The van der Waals surface area contributed by atoms with Gasteiger partial charge in [0.25, 0.3) is 0 Å².